The summed E-state index contributed by atoms with van der Waals surface area (Å²) in [6.45, 7) is 1.79. The quantitative estimate of drug-likeness (QED) is 0.484. The highest BCUT2D eigenvalue weighted by molar-refractivity contribution is 6.20. The fourth-order valence-corrected chi connectivity index (χ4v) is 1.40. The minimum absolute atomic E-state index is 0.0256. The second-order valence-electron chi connectivity index (χ2n) is 2.68. The second kappa shape index (κ2) is 3.39. The number of rotatable bonds is 1. The van der Waals surface area contributed by atoms with Crippen LogP contribution in [0.25, 0.3) is 5.73 Å². The van der Waals surface area contributed by atoms with Crippen molar-refractivity contribution in [2.24, 2.45) is 0 Å². The molecule has 1 N–H and O–H groups in total. The van der Waals surface area contributed by atoms with Crippen LogP contribution < -0.4 is 9.80 Å². The highest BCUT2D eigenvalue weighted by Crippen LogP contribution is 2.06. The van der Waals surface area contributed by atoms with Crippen LogP contribution >= 0.6 is 11.6 Å². The highest BCUT2D eigenvalue weighted by Gasteiger charge is 2.25. The van der Waals surface area contributed by atoms with Crippen molar-refractivity contribution in [2.45, 2.75) is 5.56 Å². The van der Waals surface area contributed by atoms with Crippen LogP contribution in [-0.4, -0.2) is 30.5 Å². The lowest BCUT2D eigenvalue weighted by Crippen LogP contribution is -2.63. The molecule has 1 unspecified atom stereocenters. The maximum atomic E-state index is 7.14. The fourth-order valence-electron chi connectivity index (χ4n) is 1.15. The standard InChI is InChI=1S/C6H9ClN4O2/c7-5-3-10(1-2-12-5)11-4-6(8)13-9-11/h4-5,8H,1-3H2. The number of nitrogens with zero attached hydrogens (tertiary/aromatic N) is 3. The molecule has 1 aromatic rings. The molecule has 0 bridgehead atoms. The molecule has 0 radical (unpaired) electrons. The molecule has 6 nitrogen and oxygen atoms in total. The molecule has 13 heavy (non-hydrogen) atoms. The topological polar surface area (TPSA) is 66.2 Å². The molecule has 1 aliphatic heterocycles. The Morgan fingerprint density at radius 2 is 2.62 bits per heavy atom. The molecule has 7 heteroatoms. The zero-order valence-corrected chi connectivity index (χ0v) is 7.57. The van der Waals surface area contributed by atoms with E-state index in [4.69, 9.17) is 22.1 Å². The largest absolute Gasteiger partial charge is 0.660 e. The summed E-state index contributed by atoms with van der Waals surface area (Å²) < 4.78 is 9.75. The van der Waals surface area contributed by atoms with Gasteiger partial charge in [0.2, 0.25) is 5.27 Å². The zero-order chi connectivity index (χ0) is 9.26. The molecular formula is C6H9ClN4O2. The van der Waals surface area contributed by atoms with E-state index >= 15 is 0 Å². The van der Waals surface area contributed by atoms with Gasteiger partial charge in [0.1, 0.15) is 12.4 Å². The van der Waals surface area contributed by atoms with Crippen molar-refractivity contribution in [3.05, 3.63) is 11.9 Å². The molecule has 2 rings (SSSR count). The van der Waals surface area contributed by atoms with Gasteiger partial charge in [-0.25, -0.2) is 0 Å². The maximum absolute atomic E-state index is 7.14. The molecule has 0 spiro atoms. The van der Waals surface area contributed by atoms with Crippen molar-refractivity contribution in [1.29, 1.82) is 0 Å². The average molecular weight is 205 g/mol. The molecule has 1 atom stereocenters. The molecule has 72 valence electrons. The monoisotopic (exact) mass is 204 g/mol. The van der Waals surface area contributed by atoms with Crippen LogP contribution in [0.15, 0.2) is 10.7 Å². The van der Waals surface area contributed by atoms with Gasteiger partial charge in [0.25, 0.3) is 6.20 Å². The molecule has 2 heterocycles. The number of halogens is 1. The first-order valence-electron chi connectivity index (χ1n) is 3.87. The van der Waals surface area contributed by atoms with Crippen LogP contribution in [0.1, 0.15) is 0 Å². The van der Waals surface area contributed by atoms with Crippen LogP contribution in [0.5, 0.6) is 0 Å². The molecule has 0 amide bonds. The van der Waals surface area contributed by atoms with Crippen LogP contribution in [0.2, 0.25) is 0 Å². The lowest BCUT2D eigenvalue weighted by Gasteiger charge is -2.22. The average Bonchev–Trinajstić information content (AvgIpc) is 2.52. The van der Waals surface area contributed by atoms with Gasteiger partial charge in [-0.1, -0.05) is 11.6 Å². The summed E-state index contributed by atoms with van der Waals surface area (Å²) in [7, 11) is 0. The second-order valence-corrected chi connectivity index (χ2v) is 3.17. The molecule has 1 aliphatic rings. The predicted octanol–water partition coefficient (Wildman–Crippen LogP) is 0.179. The van der Waals surface area contributed by atoms with Crippen molar-refractivity contribution < 1.29 is 14.1 Å². The van der Waals surface area contributed by atoms with E-state index in [0.717, 1.165) is 0 Å². The van der Waals surface area contributed by atoms with E-state index in [2.05, 4.69) is 9.79 Å². The van der Waals surface area contributed by atoms with Crippen molar-refractivity contribution in [3.63, 3.8) is 0 Å². The van der Waals surface area contributed by atoms with Gasteiger partial charge in [-0.05, 0) is 0 Å². The van der Waals surface area contributed by atoms with E-state index in [9.17, 15) is 0 Å². The Bertz CT molecular complexity index is 292. The molecule has 0 saturated carbocycles. The third-order valence-electron chi connectivity index (χ3n) is 1.75. The van der Waals surface area contributed by atoms with Gasteiger partial charge in [-0.2, -0.15) is 0 Å². The lowest BCUT2D eigenvalue weighted by atomic mass is 10.5. The Hall–Kier alpha value is -1.01. The Labute approximate surface area is 79.7 Å². The predicted molar refractivity (Wildman–Crippen MR) is 44.2 cm³/mol. The number of hydrogen-bond acceptors (Lipinski definition) is 4. The molecule has 1 saturated heterocycles. The summed E-state index contributed by atoms with van der Waals surface area (Å²) in [5.74, 6) is 0.0256. The molecule has 1 aromatic heterocycles. The van der Waals surface area contributed by atoms with Gasteiger partial charge < -0.3 is 15.0 Å². The Morgan fingerprint density at radius 1 is 1.77 bits per heavy atom. The Balaban J connectivity index is 2.08. The Kier molecular flexibility index (Phi) is 2.24. The summed E-state index contributed by atoms with van der Waals surface area (Å²) >= 11 is 5.79. The number of alkyl halides is 1. The van der Waals surface area contributed by atoms with Crippen molar-refractivity contribution in [3.8, 4) is 0 Å². The van der Waals surface area contributed by atoms with E-state index in [0.29, 0.717) is 19.7 Å². The molecule has 1 fully saturated rings. The van der Waals surface area contributed by atoms with Gasteiger partial charge >= 0.3 is 0 Å². The van der Waals surface area contributed by atoms with E-state index in [-0.39, 0.29) is 11.4 Å². The van der Waals surface area contributed by atoms with Gasteiger partial charge in [-0.3, -0.25) is 0 Å². The Morgan fingerprint density at radius 3 is 3.23 bits per heavy atom. The van der Waals surface area contributed by atoms with Crippen molar-refractivity contribution >= 4 is 17.5 Å². The maximum Gasteiger partial charge on any atom is 0.256 e. The normalized spacial score (nSPS) is 23.5. The fraction of sp³-hybridized carbons (Fsp3) is 0.667. The number of nitrogens with one attached hydrogen (secondary N) is 1. The number of morpholine rings is 1. The van der Waals surface area contributed by atoms with Crippen molar-refractivity contribution in [2.75, 3.05) is 24.7 Å². The number of ether oxygens (including phenoxy) is 1. The highest BCUT2D eigenvalue weighted by atomic mass is 35.5. The van der Waals surface area contributed by atoms with Crippen molar-refractivity contribution in [1.82, 2.24) is 5.27 Å². The minimum Gasteiger partial charge on any atom is -0.660 e. The van der Waals surface area contributed by atoms with Gasteiger partial charge in [0.05, 0.1) is 17.9 Å². The summed E-state index contributed by atoms with van der Waals surface area (Å²) in [5, 5.41) is 5.49. The van der Waals surface area contributed by atoms with E-state index < -0.39 is 0 Å². The van der Waals surface area contributed by atoms with Crippen LogP contribution in [0, 0.1) is 0 Å². The van der Waals surface area contributed by atoms with Gasteiger partial charge in [0.15, 0.2) is 5.56 Å². The first-order chi connectivity index (χ1) is 6.25. The van der Waals surface area contributed by atoms with Crippen LogP contribution in [0.4, 0.5) is 5.88 Å². The molecular weight excluding hydrogens is 196 g/mol. The summed E-state index contributed by atoms with van der Waals surface area (Å²) in [6, 6.07) is 0. The SMILES string of the molecule is [NH-]c1c[n+](N2CCOC(Cl)C2)no1. The minimum atomic E-state index is -0.327. The first-order valence-corrected chi connectivity index (χ1v) is 4.30. The molecule has 0 aliphatic carbocycles. The van der Waals surface area contributed by atoms with E-state index in [1.165, 1.54) is 11.0 Å². The van der Waals surface area contributed by atoms with Gasteiger partial charge in [-0.15, -0.1) is 5.01 Å². The number of hydrogen-bond donors (Lipinski definition) is 0. The van der Waals surface area contributed by atoms with Crippen LogP contribution in [0.3, 0.4) is 0 Å². The first kappa shape index (κ1) is 8.58. The summed E-state index contributed by atoms with van der Waals surface area (Å²) in [6.07, 6.45) is 1.48. The third kappa shape index (κ3) is 1.84. The van der Waals surface area contributed by atoms with E-state index in [1.54, 1.807) is 0 Å². The smallest absolute Gasteiger partial charge is 0.256 e. The van der Waals surface area contributed by atoms with E-state index in [1.807, 2.05) is 5.01 Å². The molecule has 0 aromatic carbocycles. The summed E-state index contributed by atoms with van der Waals surface area (Å²) in [5.41, 5.74) is 6.82. The third-order valence-corrected chi connectivity index (χ3v) is 2.01. The van der Waals surface area contributed by atoms with Crippen LogP contribution in [-0.2, 0) is 4.74 Å². The lowest BCUT2D eigenvalue weighted by molar-refractivity contribution is -0.760. The number of aromatic nitrogens is 2. The van der Waals surface area contributed by atoms with Gasteiger partial charge in [0, 0.05) is 0 Å². The summed E-state index contributed by atoms with van der Waals surface area (Å²) in [4.78, 5) is 1.47. The zero-order valence-electron chi connectivity index (χ0n) is 6.81.